The summed E-state index contributed by atoms with van der Waals surface area (Å²) >= 11 is 5.08. The van der Waals surface area contributed by atoms with Crippen molar-refractivity contribution in [2.75, 3.05) is 11.6 Å². The lowest BCUT2D eigenvalue weighted by Gasteiger charge is -2.13. The van der Waals surface area contributed by atoms with Gasteiger partial charge in [0, 0.05) is 0 Å². The van der Waals surface area contributed by atoms with Crippen LogP contribution in [0.5, 0.6) is 0 Å². The Labute approximate surface area is 75.1 Å². The molecule has 12 heavy (non-hydrogen) atoms. The fourth-order valence-corrected chi connectivity index (χ4v) is 0.922. The van der Waals surface area contributed by atoms with Gasteiger partial charge in [-0.3, -0.25) is 10.0 Å². The van der Waals surface area contributed by atoms with Gasteiger partial charge in [-0.05, 0) is 23.7 Å². The van der Waals surface area contributed by atoms with Crippen molar-refractivity contribution in [1.29, 1.82) is 0 Å². The highest BCUT2D eigenvalue weighted by molar-refractivity contribution is 6.64. The highest BCUT2D eigenvalue weighted by Crippen LogP contribution is 2.10. The van der Waals surface area contributed by atoms with Crippen LogP contribution < -0.4 is 5.06 Å². The van der Waals surface area contributed by atoms with Gasteiger partial charge in [0.05, 0.1) is 5.69 Å². The van der Waals surface area contributed by atoms with Gasteiger partial charge in [0.15, 0.2) is 0 Å². The molecule has 1 aromatic rings. The van der Waals surface area contributed by atoms with Crippen LogP contribution in [0.1, 0.15) is 0 Å². The van der Waals surface area contributed by atoms with Gasteiger partial charge in [0.25, 0.3) is 0 Å². The average Bonchev–Trinajstić information content (AvgIpc) is 2.05. The van der Waals surface area contributed by atoms with Crippen LogP contribution in [0.4, 0.5) is 5.69 Å². The Balaban J connectivity index is 2.65. The lowest BCUT2D eigenvalue weighted by molar-refractivity contribution is -0.111. The summed E-state index contributed by atoms with van der Waals surface area (Å²) in [6.07, 6.45) is 0. The molecule has 0 aliphatic heterocycles. The summed E-state index contributed by atoms with van der Waals surface area (Å²) in [5.41, 5.74) is 0.548. The van der Waals surface area contributed by atoms with Crippen molar-refractivity contribution >= 4 is 22.5 Å². The molecule has 3 nitrogen and oxygen atoms in total. The molecule has 0 fully saturated rings. The first-order valence-electron chi connectivity index (χ1n) is 3.40. The van der Waals surface area contributed by atoms with Gasteiger partial charge < -0.3 is 0 Å². The minimum Gasteiger partial charge on any atom is -0.288 e. The third-order valence-electron chi connectivity index (χ3n) is 1.33. The minimum atomic E-state index is -0.596. The number of carbonyl (C=O) groups is 1. The molecule has 0 aliphatic carbocycles. The van der Waals surface area contributed by atoms with Crippen LogP contribution >= 0.6 is 11.6 Å². The Bertz CT molecular complexity index is 263. The molecular weight excluding hydrogens is 178 g/mol. The number of para-hydroxylation sites is 1. The van der Waals surface area contributed by atoms with E-state index in [-0.39, 0.29) is 6.54 Å². The number of hydrogen-bond donors (Lipinski definition) is 1. The fourth-order valence-electron chi connectivity index (χ4n) is 0.809. The topological polar surface area (TPSA) is 40.5 Å². The molecule has 1 aromatic carbocycles. The highest BCUT2D eigenvalue weighted by Gasteiger charge is 2.05. The third kappa shape index (κ3) is 2.53. The molecule has 0 saturated carbocycles. The molecule has 64 valence electrons. The predicted molar refractivity (Wildman–Crippen MR) is 46.4 cm³/mol. The summed E-state index contributed by atoms with van der Waals surface area (Å²) < 4.78 is 0. The Hall–Kier alpha value is -1.06. The van der Waals surface area contributed by atoms with Gasteiger partial charge in [0.2, 0.25) is 5.24 Å². The van der Waals surface area contributed by atoms with Crippen molar-refractivity contribution in [2.24, 2.45) is 0 Å². The van der Waals surface area contributed by atoms with E-state index in [4.69, 9.17) is 11.6 Å². The van der Waals surface area contributed by atoms with Crippen LogP contribution in [0.15, 0.2) is 30.3 Å². The zero-order chi connectivity index (χ0) is 8.97. The van der Waals surface area contributed by atoms with Gasteiger partial charge in [-0.2, -0.15) is 0 Å². The molecule has 1 N–H and O–H groups in total. The molecule has 0 saturated heterocycles. The number of hydroxylamine groups is 1. The standard InChI is InChI=1S/C8H8ClNO2/c9-8(11)6-10(12)7-4-2-1-3-5-7/h1-5,12H,6H2. The smallest absolute Gasteiger partial charge is 0.243 e. The molecule has 0 amide bonds. The predicted octanol–water partition coefficient (Wildman–Crippen LogP) is 1.65. The molecular formula is C8H8ClNO2. The second-order valence-electron chi connectivity index (χ2n) is 2.25. The van der Waals surface area contributed by atoms with Crippen LogP contribution in [-0.4, -0.2) is 17.0 Å². The summed E-state index contributed by atoms with van der Waals surface area (Å²) in [4.78, 5) is 10.4. The van der Waals surface area contributed by atoms with Gasteiger partial charge >= 0.3 is 0 Å². The quantitative estimate of drug-likeness (QED) is 0.575. The van der Waals surface area contributed by atoms with E-state index >= 15 is 0 Å². The number of benzene rings is 1. The molecule has 0 bridgehead atoms. The van der Waals surface area contributed by atoms with Gasteiger partial charge in [-0.15, -0.1) is 0 Å². The van der Waals surface area contributed by atoms with E-state index in [1.165, 1.54) is 0 Å². The van der Waals surface area contributed by atoms with E-state index in [2.05, 4.69) is 0 Å². The van der Waals surface area contributed by atoms with Crippen molar-refractivity contribution in [3.63, 3.8) is 0 Å². The summed E-state index contributed by atoms with van der Waals surface area (Å²) in [5.74, 6) is 0. The van der Waals surface area contributed by atoms with E-state index in [1.807, 2.05) is 6.07 Å². The van der Waals surface area contributed by atoms with Crippen molar-refractivity contribution in [3.05, 3.63) is 30.3 Å². The lowest BCUT2D eigenvalue weighted by atomic mass is 10.3. The molecule has 4 heteroatoms. The second-order valence-corrected chi connectivity index (χ2v) is 2.67. The van der Waals surface area contributed by atoms with Crippen molar-refractivity contribution < 1.29 is 10.0 Å². The van der Waals surface area contributed by atoms with Crippen LogP contribution in [0.25, 0.3) is 0 Å². The number of halogens is 1. The first-order chi connectivity index (χ1) is 5.70. The maximum absolute atomic E-state index is 10.4. The average molecular weight is 186 g/mol. The summed E-state index contributed by atoms with van der Waals surface area (Å²) in [6, 6.07) is 8.70. The maximum atomic E-state index is 10.4. The van der Waals surface area contributed by atoms with E-state index in [0.717, 1.165) is 5.06 Å². The van der Waals surface area contributed by atoms with Crippen molar-refractivity contribution in [1.82, 2.24) is 0 Å². The molecule has 0 unspecified atom stereocenters. The molecule has 0 atom stereocenters. The first kappa shape index (κ1) is 9.03. The number of rotatable bonds is 3. The minimum absolute atomic E-state index is 0.203. The van der Waals surface area contributed by atoms with Crippen LogP contribution in [-0.2, 0) is 4.79 Å². The van der Waals surface area contributed by atoms with E-state index < -0.39 is 5.24 Å². The Kier molecular flexibility index (Phi) is 3.08. The highest BCUT2D eigenvalue weighted by atomic mass is 35.5. The number of hydrogen-bond acceptors (Lipinski definition) is 3. The largest absolute Gasteiger partial charge is 0.288 e. The molecule has 0 aromatic heterocycles. The van der Waals surface area contributed by atoms with E-state index in [1.54, 1.807) is 24.3 Å². The van der Waals surface area contributed by atoms with Gasteiger partial charge in [-0.1, -0.05) is 18.2 Å². The molecule has 0 radical (unpaired) electrons. The van der Waals surface area contributed by atoms with Gasteiger partial charge in [0.1, 0.15) is 6.54 Å². The SMILES string of the molecule is O=C(Cl)CN(O)c1ccccc1. The summed E-state index contributed by atoms with van der Waals surface area (Å²) in [6.45, 7) is -0.203. The maximum Gasteiger partial charge on any atom is 0.243 e. The Morgan fingerprint density at radius 1 is 1.42 bits per heavy atom. The lowest BCUT2D eigenvalue weighted by Crippen LogP contribution is -2.23. The first-order valence-corrected chi connectivity index (χ1v) is 3.78. The normalized spacial score (nSPS) is 9.50. The number of carbonyl (C=O) groups excluding carboxylic acids is 1. The van der Waals surface area contributed by atoms with Crippen molar-refractivity contribution in [2.45, 2.75) is 0 Å². The zero-order valence-corrected chi connectivity index (χ0v) is 7.03. The Morgan fingerprint density at radius 2 is 2.00 bits per heavy atom. The fraction of sp³-hybridized carbons (Fsp3) is 0.125. The number of anilines is 1. The molecule has 0 spiro atoms. The monoisotopic (exact) mass is 185 g/mol. The van der Waals surface area contributed by atoms with Crippen LogP contribution in [0, 0.1) is 0 Å². The molecule has 0 heterocycles. The zero-order valence-electron chi connectivity index (χ0n) is 6.27. The van der Waals surface area contributed by atoms with Gasteiger partial charge in [-0.25, -0.2) is 5.06 Å². The number of nitrogens with zero attached hydrogens (tertiary/aromatic N) is 1. The van der Waals surface area contributed by atoms with Crippen LogP contribution in [0.3, 0.4) is 0 Å². The van der Waals surface area contributed by atoms with Crippen molar-refractivity contribution in [3.8, 4) is 0 Å². The second kappa shape index (κ2) is 4.09. The summed E-state index contributed by atoms with van der Waals surface area (Å²) in [5, 5.41) is 9.42. The Morgan fingerprint density at radius 3 is 2.50 bits per heavy atom. The van der Waals surface area contributed by atoms with E-state index in [0.29, 0.717) is 5.69 Å². The van der Waals surface area contributed by atoms with E-state index in [9.17, 15) is 10.0 Å². The molecule has 1 rings (SSSR count). The van der Waals surface area contributed by atoms with Crippen LogP contribution in [0.2, 0.25) is 0 Å². The third-order valence-corrected chi connectivity index (χ3v) is 1.45. The molecule has 0 aliphatic rings. The summed E-state index contributed by atoms with van der Waals surface area (Å²) in [7, 11) is 0.